The van der Waals surface area contributed by atoms with Crippen LogP contribution < -0.4 is 5.32 Å². The first kappa shape index (κ1) is 12.1. The van der Waals surface area contributed by atoms with Crippen molar-refractivity contribution in [3.8, 4) is 0 Å². The molecule has 2 atom stereocenters. The van der Waals surface area contributed by atoms with E-state index in [9.17, 15) is 0 Å². The molecule has 1 aromatic heterocycles. The summed E-state index contributed by atoms with van der Waals surface area (Å²) in [6.07, 6.45) is 8.88. The molecule has 1 N–H and O–H groups in total. The van der Waals surface area contributed by atoms with Crippen molar-refractivity contribution >= 4 is 0 Å². The molecule has 2 heteroatoms. The van der Waals surface area contributed by atoms with E-state index in [-0.39, 0.29) is 0 Å². The van der Waals surface area contributed by atoms with E-state index in [1.807, 2.05) is 12.1 Å². The van der Waals surface area contributed by atoms with E-state index in [2.05, 4.69) is 25.7 Å². The molecule has 0 aliphatic heterocycles. The zero-order valence-electron chi connectivity index (χ0n) is 9.70. The number of allylic oxidation sites excluding steroid dienone is 1. The maximum absolute atomic E-state index is 5.08. The van der Waals surface area contributed by atoms with Gasteiger partial charge in [0.1, 0.15) is 0 Å². The van der Waals surface area contributed by atoms with Crippen molar-refractivity contribution < 1.29 is 4.42 Å². The van der Waals surface area contributed by atoms with Gasteiger partial charge in [0.25, 0.3) is 0 Å². The number of nitrogens with one attached hydrogen (secondary N) is 1. The molecule has 0 saturated carbocycles. The van der Waals surface area contributed by atoms with Crippen LogP contribution in [0.3, 0.4) is 0 Å². The standard InChI is InChI=1S/C13H21NO/c1-4-6-7-13(5-2)14-11(3)12-8-9-15-10-12/h4,8-11,13-14H,1,5-7H2,2-3H3. The molecule has 1 aromatic rings. The van der Waals surface area contributed by atoms with Gasteiger partial charge in [0.05, 0.1) is 12.5 Å². The van der Waals surface area contributed by atoms with Crippen molar-refractivity contribution in [2.24, 2.45) is 0 Å². The van der Waals surface area contributed by atoms with E-state index in [4.69, 9.17) is 4.42 Å². The summed E-state index contributed by atoms with van der Waals surface area (Å²) >= 11 is 0. The third-order valence-corrected chi connectivity index (χ3v) is 2.74. The van der Waals surface area contributed by atoms with Crippen LogP contribution in [-0.4, -0.2) is 6.04 Å². The minimum atomic E-state index is 0.360. The molecule has 0 aliphatic carbocycles. The Bertz CT molecular complexity index is 266. The summed E-state index contributed by atoms with van der Waals surface area (Å²) in [5, 5.41) is 3.60. The van der Waals surface area contributed by atoms with Crippen molar-refractivity contribution in [1.82, 2.24) is 5.32 Å². The molecular formula is C13H21NO. The van der Waals surface area contributed by atoms with Crippen molar-refractivity contribution in [1.29, 1.82) is 0 Å². The Hall–Kier alpha value is -1.02. The van der Waals surface area contributed by atoms with Gasteiger partial charge in [-0.3, -0.25) is 0 Å². The molecule has 0 amide bonds. The monoisotopic (exact) mass is 207 g/mol. The maximum atomic E-state index is 5.08. The van der Waals surface area contributed by atoms with Gasteiger partial charge in [0.2, 0.25) is 0 Å². The van der Waals surface area contributed by atoms with Crippen molar-refractivity contribution in [2.75, 3.05) is 0 Å². The van der Waals surface area contributed by atoms with Gasteiger partial charge in [-0.15, -0.1) is 6.58 Å². The Labute approximate surface area is 92.4 Å². The molecule has 2 unspecified atom stereocenters. The number of furan rings is 1. The van der Waals surface area contributed by atoms with Crippen molar-refractivity contribution in [3.63, 3.8) is 0 Å². The Morgan fingerprint density at radius 2 is 2.40 bits per heavy atom. The first-order chi connectivity index (χ1) is 7.27. The van der Waals surface area contributed by atoms with Gasteiger partial charge in [0.15, 0.2) is 0 Å². The average molecular weight is 207 g/mol. The molecule has 1 rings (SSSR count). The molecule has 15 heavy (non-hydrogen) atoms. The first-order valence-corrected chi connectivity index (χ1v) is 5.67. The number of hydrogen-bond acceptors (Lipinski definition) is 2. The molecule has 84 valence electrons. The Morgan fingerprint density at radius 3 is 2.93 bits per heavy atom. The lowest BCUT2D eigenvalue weighted by Crippen LogP contribution is -2.30. The van der Waals surface area contributed by atoms with Crippen LogP contribution in [-0.2, 0) is 0 Å². The normalized spacial score (nSPS) is 14.8. The third kappa shape index (κ3) is 3.92. The predicted molar refractivity (Wildman–Crippen MR) is 63.8 cm³/mol. The molecule has 0 fully saturated rings. The van der Waals surface area contributed by atoms with Crippen LogP contribution in [0.4, 0.5) is 0 Å². The molecular weight excluding hydrogens is 186 g/mol. The quantitative estimate of drug-likeness (QED) is 0.690. The second-order valence-corrected chi connectivity index (χ2v) is 3.92. The highest BCUT2D eigenvalue weighted by atomic mass is 16.3. The van der Waals surface area contributed by atoms with Crippen LogP contribution in [0.1, 0.15) is 44.7 Å². The fourth-order valence-corrected chi connectivity index (χ4v) is 1.70. The lowest BCUT2D eigenvalue weighted by atomic mass is 10.1. The zero-order valence-corrected chi connectivity index (χ0v) is 9.70. The fraction of sp³-hybridized carbons (Fsp3) is 0.538. The van der Waals surface area contributed by atoms with E-state index >= 15 is 0 Å². The van der Waals surface area contributed by atoms with Crippen LogP contribution in [0.2, 0.25) is 0 Å². The number of hydrogen-bond donors (Lipinski definition) is 1. The summed E-state index contributed by atoms with van der Waals surface area (Å²) in [5.74, 6) is 0. The van der Waals surface area contributed by atoms with Gasteiger partial charge < -0.3 is 9.73 Å². The van der Waals surface area contributed by atoms with Crippen LogP contribution in [0.25, 0.3) is 0 Å². The lowest BCUT2D eigenvalue weighted by Gasteiger charge is -2.21. The molecule has 0 bridgehead atoms. The molecule has 1 heterocycles. The lowest BCUT2D eigenvalue weighted by molar-refractivity contribution is 0.420. The Morgan fingerprint density at radius 1 is 1.60 bits per heavy atom. The summed E-state index contributed by atoms with van der Waals surface area (Å²) in [6, 6.07) is 2.93. The molecule has 2 nitrogen and oxygen atoms in total. The van der Waals surface area contributed by atoms with Crippen LogP contribution >= 0.6 is 0 Å². The van der Waals surface area contributed by atoms with E-state index < -0.39 is 0 Å². The van der Waals surface area contributed by atoms with Gasteiger partial charge in [0, 0.05) is 17.6 Å². The largest absolute Gasteiger partial charge is 0.472 e. The minimum absolute atomic E-state index is 0.360. The molecule has 0 saturated heterocycles. The first-order valence-electron chi connectivity index (χ1n) is 5.67. The summed E-state index contributed by atoms with van der Waals surface area (Å²) < 4.78 is 5.08. The summed E-state index contributed by atoms with van der Waals surface area (Å²) in [4.78, 5) is 0. The number of rotatable bonds is 7. The molecule has 0 aliphatic rings. The minimum Gasteiger partial charge on any atom is -0.472 e. The SMILES string of the molecule is C=CCCC(CC)NC(C)c1ccoc1. The fourth-order valence-electron chi connectivity index (χ4n) is 1.70. The highest BCUT2D eigenvalue weighted by Crippen LogP contribution is 2.15. The highest BCUT2D eigenvalue weighted by molar-refractivity contribution is 5.10. The molecule has 0 radical (unpaired) electrons. The second-order valence-electron chi connectivity index (χ2n) is 3.92. The zero-order chi connectivity index (χ0) is 11.1. The third-order valence-electron chi connectivity index (χ3n) is 2.74. The van der Waals surface area contributed by atoms with E-state index in [1.54, 1.807) is 12.5 Å². The van der Waals surface area contributed by atoms with Gasteiger partial charge in [-0.05, 0) is 32.3 Å². The molecule has 0 spiro atoms. The Kier molecular flexibility index (Phi) is 5.19. The van der Waals surface area contributed by atoms with Crippen LogP contribution in [0.5, 0.6) is 0 Å². The predicted octanol–water partition coefficient (Wildman–Crippen LogP) is 3.68. The Balaban J connectivity index is 2.40. The van der Waals surface area contributed by atoms with Crippen molar-refractivity contribution in [3.05, 3.63) is 36.8 Å². The summed E-state index contributed by atoms with van der Waals surface area (Å²) in [5.41, 5.74) is 1.21. The van der Waals surface area contributed by atoms with Gasteiger partial charge in [-0.1, -0.05) is 13.0 Å². The van der Waals surface area contributed by atoms with Crippen LogP contribution in [0.15, 0.2) is 35.7 Å². The van der Waals surface area contributed by atoms with Crippen LogP contribution in [0, 0.1) is 0 Å². The van der Waals surface area contributed by atoms with Crippen molar-refractivity contribution in [2.45, 2.75) is 45.2 Å². The van der Waals surface area contributed by atoms with Gasteiger partial charge in [-0.25, -0.2) is 0 Å². The second kappa shape index (κ2) is 6.46. The van der Waals surface area contributed by atoms with Gasteiger partial charge in [-0.2, -0.15) is 0 Å². The summed E-state index contributed by atoms with van der Waals surface area (Å²) in [7, 11) is 0. The topological polar surface area (TPSA) is 25.2 Å². The molecule has 0 aromatic carbocycles. The van der Waals surface area contributed by atoms with E-state index in [0.717, 1.165) is 19.3 Å². The average Bonchev–Trinajstić information content (AvgIpc) is 2.77. The maximum Gasteiger partial charge on any atom is 0.0950 e. The highest BCUT2D eigenvalue weighted by Gasteiger charge is 2.11. The summed E-state index contributed by atoms with van der Waals surface area (Å²) in [6.45, 7) is 8.13. The van der Waals surface area contributed by atoms with E-state index in [0.29, 0.717) is 12.1 Å². The van der Waals surface area contributed by atoms with Gasteiger partial charge >= 0.3 is 0 Å². The van der Waals surface area contributed by atoms with E-state index in [1.165, 1.54) is 5.56 Å². The smallest absolute Gasteiger partial charge is 0.0950 e.